The van der Waals surface area contributed by atoms with Crippen molar-refractivity contribution in [2.45, 2.75) is 9.79 Å². The molecule has 0 fully saturated rings. The van der Waals surface area contributed by atoms with Crippen molar-refractivity contribution in [3.63, 3.8) is 0 Å². The maximum absolute atomic E-state index is 12.6. The number of nitrogens with zero attached hydrogens (tertiary/aromatic N) is 1. The number of amides is 1. The smallest absolute Gasteiger partial charge is 0.409 e. The van der Waals surface area contributed by atoms with E-state index in [2.05, 4.69) is 0 Å². The molecule has 0 aliphatic heterocycles. The van der Waals surface area contributed by atoms with Crippen LogP contribution in [0.5, 0.6) is 5.75 Å². The summed E-state index contributed by atoms with van der Waals surface area (Å²) in [4.78, 5) is 14.5. The van der Waals surface area contributed by atoms with Crippen LogP contribution in [0.1, 0.15) is 0 Å². The van der Waals surface area contributed by atoms with E-state index in [1.54, 1.807) is 12.1 Å². The van der Waals surface area contributed by atoms with E-state index in [0.717, 1.165) is 9.79 Å². The van der Waals surface area contributed by atoms with Crippen molar-refractivity contribution >= 4 is 30.0 Å². The lowest BCUT2D eigenvalue weighted by atomic mass is 10.3. The van der Waals surface area contributed by atoms with Gasteiger partial charge >= 0.3 is 6.09 Å². The zero-order valence-corrected chi connectivity index (χ0v) is 14.4. The lowest BCUT2D eigenvalue weighted by Crippen LogP contribution is -2.21. The molecule has 5 heteroatoms. The van der Waals surface area contributed by atoms with Gasteiger partial charge in [0.1, 0.15) is 5.75 Å². The molecule has 0 saturated heterocycles. The fourth-order valence-corrected chi connectivity index (χ4v) is 3.70. The van der Waals surface area contributed by atoms with E-state index in [1.165, 1.54) is 27.6 Å². The van der Waals surface area contributed by atoms with Gasteiger partial charge < -0.3 is 4.74 Å². The molecular formula is C19H15NO2S2. The molecule has 0 aliphatic rings. The van der Waals surface area contributed by atoms with E-state index in [9.17, 15) is 4.79 Å². The van der Waals surface area contributed by atoms with Gasteiger partial charge in [0.2, 0.25) is 0 Å². The van der Waals surface area contributed by atoms with Crippen molar-refractivity contribution in [1.82, 2.24) is 3.71 Å². The molecular weight excluding hydrogens is 338 g/mol. The summed E-state index contributed by atoms with van der Waals surface area (Å²) in [5.74, 6) is 0.523. The van der Waals surface area contributed by atoms with Crippen LogP contribution in [-0.4, -0.2) is 9.80 Å². The number of para-hydroxylation sites is 1. The van der Waals surface area contributed by atoms with Crippen molar-refractivity contribution < 1.29 is 9.53 Å². The molecule has 0 bridgehead atoms. The normalized spacial score (nSPS) is 10.2. The Morgan fingerprint density at radius 2 is 1.08 bits per heavy atom. The number of hydrogen-bond acceptors (Lipinski definition) is 4. The van der Waals surface area contributed by atoms with E-state index >= 15 is 0 Å². The van der Waals surface area contributed by atoms with Gasteiger partial charge in [0.05, 0.1) is 0 Å². The largest absolute Gasteiger partial charge is 0.436 e. The van der Waals surface area contributed by atoms with Gasteiger partial charge in [-0.2, -0.15) is 3.71 Å². The third kappa shape index (κ3) is 4.81. The molecule has 0 saturated carbocycles. The molecule has 0 aliphatic carbocycles. The highest BCUT2D eigenvalue weighted by Crippen LogP contribution is 2.34. The minimum Gasteiger partial charge on any atom is -0.409 e. The summed E-state index contributed by atoms with van der Waals surface area (Å²) in [5, 5.41) is 0. The van der Waals surface area contributed by atoms with Crippen LogP contribution < -0.4 is 4.74 Å². The minimum absolute atomic E-state index is 0.427. The Morgan fingerprint density at radius 3 is 1.54 bits per heavy atom. The van der Waals surface area contributed by atoms with E-state index in [-0.39, 0.29) is 0 Å². The second kappa shape index (κ2) is 8.47. The van der Waals surface area contributed by atoms with E-state index in [1.807, 2.05) is 78.9 Å². The van der Waals surface area contributed by atoms with Crippen LogP contribution in [0.2, 0.25) is 0 Å². The molecule has 120 valence electrons. The predicted octanol–water partition coefficient (Wildman–Crippen LogP) is 5.90. The summed E-state index contributed by atoms with van der Waals surface area (Å²) in [7, 11) is 0. The van der Waals surface area contributed by atoms with Gasteiger partial charge in [-0.3, -0.25) is 0 Å². The van der Waals surface area contributed by atoms with Gasteiger partial charge in [0.25, 0.3) is 0 Å². The number of carbonyl (C=O) groups is 1. The summed E-state index contributed by atoms with van der Waals surface area (Å²) >= 11 is 2.67. The van der Waals surface area contributed by atoms with Gasteiger partial charge in [-0.1, -0.05) is 54.6 Å². The zero-order valence-electron chi connectivity index (χ0n) is 12.7. The minimum atomic E-state index is -0.427. The van der Waals surface area contributed by atoms with E-state index in [4.69, 9.17) is 4.74 Å². The van der Waals surface area contributed by atoms with Gasteiger partial charge in [-0.05, 0) is 36.4 Å². The Labute approximate surface area is 149 Å². The van der Waals surface area contributed by atoms with Gasteiger partial charge in [0.15, 0.2) is 0 Å². The maximum atomic E-state index is 12.6. The number of ether oxygens (including phenoxy) is 1. The fraction of sp³-hybridized carbons (Fsp3) is 0. The summed E-state index contributed by atoms with van der Waals surface area (Å²) < 4.78 is 7.01. The standard InChI is InChI=1S/C19H15NO2S2/c21-19(22-16-10-4-1-5-11-16)20(23-17-12-6-2-7-13-17)24-18-14-8-3-9-15-18/h1-15H. The maximum Gasteiger partial charge on any atom is 0.436 e. The Balaban J connectivity index is 1.76. The Kier molecular flexibility index (Phi) is 5.82. The molecule has 0 atom stereocenters. The fourth-order valence-electron chi connectivity index (χ4n) is 1.87. The first kappa shape index (κ1) is 16.5. The van der Waals surface area contributed by atoms with Crippen molar-refractivity contribution in [1.29, 1.82) is 0 Å². The lowest BCUT2D eigenvalue weighted by molar-refractivity contribution is 0.197. The second-order valence-electron chi connectivity index (χ2n) is 4.75. The molecule has 0 heterocycles. The number of hydrogen-bond donors (Lipinski definition) is 0. The van der Waals surface area contributed by atoms with E-state index < -0.39 is 6.09 Å². The summed E-state index contributed by atoms with van der Waals surface area (Å²) in [6, 6.07) is 28.6. The molecule has 3 aromatic rings. The zero-order chi connectivity index (χ0) is 16.6. The first-order valence-electron chi connectivity index (χ1n) is 7.34. The molecule has 0 N–H and O–H groups in total. The molecule has 24 heavy (non-hydrogen) atoms. The van der Waals surface area contributed by atoms with Crippen molar-refractivity contribution in [2.24, 2.45) is 0 Å². The first-order valence-corrected chi connectivity index (χ1v) is 8.89. The predicted molar refractivity (Wildman–Crippen MR) is 98.9 cm³/mol. The van der Waals surface area contributed by atoms with Crippen LogP contribution in [-0.2, 0) is 0 Å². The molecule has 3 aromatic carbocycles. The van der Waals surface area contributed by atoms with Crippen LogP contribution >= 0.6 is 23.9 Å². The van der Waals surface area contributed by atoms with Crippen LogP contribution in [0.25, 0.3) is 0 Å². The number of rotatable bonds is 5. The molecule has 0 spiro atoms. The highest BCUT2D eigenvalue weighted by molar-refractivity contribution is 8.12. The van der Waals surface area contributed by atoms with Gasteiger partial charge in [-0.15, -0.1) is 0 Å². The molecule has 0 unspecified atom stereocenters. The molecule has 3 nitrogen and oxygen atoms in total. The first-order chi connectivity index (χ1) is 11.8. The summed E-state index contributed by atoms with van der Waals surface area (Å²) in [6.07, 6.45) is -0.427. The van der Waals surface area contributed by atoms with Crippen LogP contribution in [0, 0.1) is 0 Å². The van der Waals surface area contributed by atoms with Crippen molar-refractivity contribution in [3.8, 4) is 5.75 Å². The molecule has 1 amide bonds. The van der Waals surface area contributed by atoms with Crippen LogP contribution in [0.3, 0.4) is 0 Å². The van der Waals surface area contributed by atoms with Gasteiger partial charge in [-0.25, -0.2) is 4.79 Å². The quantitative estimate of drug-likeness (QED) is 0.534. The molecule has 0 radical (unpaired) electrons. The summed E-state index contributed by atoms with van der Waals surface area (Å²) in [5.41, 5.74) is 0. The monoisotopic (exact) mass is 353 g/mol. The highest BCUT2D eigenvalue weighted by Gasteiger charge is 2.19. The molecule has 0 aromatic heterocycles. The SMILES string of the molecule is O=C(Oc1ccccc1)N(Sc1ccccc1)Sc1ccccc1. The topological polar surface area (TPSA) is 29.5 Å². The average Bonchev–Trinajstić information content (AvgIpc) is 2.64. The van der Waals surface area contributed by atoms with Gasteiger partial charge in [0, 0.05) is 33.7 Å². The van der Waals surface area contributed by atoms with Crippen molar-refractivity contribution in [2.75, 3.05) is 0 Å². The number of carbonyl (C=O) groups excluding carboxylic acids is 1. The Morgan fingerprint density at radius 1 is 0.667 bits per heavy atom. The Bertz CT molecular complexity index is 726. The van der Waals surface area contributed by atoms with E-state index in [0.29, 0.717) is 5.75 Å². The van der Waals surface area contributed by atoms with Crippen LogP contribution in [0.15, 0.2) is 101 Å². The Hall–Kier alpha value is -2.37. The summed E-state index contributed by atoms with van der Waals surface area (Å²) in [6.45, 7) is 0. The van der Waals surface area contributed by atoms with Crippen molar-refractivity contribution in [3.05, 3.63) is 91.0 Å². The third-order valence-electron chi connectivity index (χ3n) is 2.96. The average molecular weight is 353 g/mol. The second-order valence-corrected chi connectivity index (χ2v) is 7.02. The third-order valence-corrected chi connectivity index (χ3v) is 5.00. The highest BCUT2D eigenvalue weighted by atomic mass is 32.2. The van der Waals surface area contributed by atoms with Crippen LogP contribution in [0.4, 0.5) is 4.79 Å². The molecule has 3 rings (SSSR count). The lowest BCUT2D eigenvalue weighted by Gasteiger charge is -2.19. The number of benzene rings is 3.